The van der Waals surface area contributed by atoms with Crippen molar-refractivity contribution in [2.24, 2.45) is 0 Å². The number of hydrogen-bond acceptors (Lipinski definition) is 5. The van der Waals surface area contributed by atoms with Crippen LogP contribution in [0.3, 0.4) is 0 Å². The Labute approximate surface area is 127 Å². The Morgan fingerprint density at radius 3 is 2.85 bits per heavy atom. The molecule has 100 valence electrons. The zero-order valence-electron chi connectivity index (χ0n) is 10.0. The normalized spacial score (nSPS) is 10.7. The number of aromatic nitrogens is 3. The summed E-state index contributed by atoms with van der Waals surface area (Å²) in [7, 11) is 0. The van der Waals surface area contributed by atoms with Gasteiger partial charge in [-0.15, -0.1) is 0 Å². The third kappa shape index (κ3) is 2.39. The van der Waals surface area contributed by atoms with Crippen LogP contribution in [0.2, 0.25) is 5.02 Å². The first-order valence-electron chi connectivity index (χ1n) is 5.65. The van der Waals surface area contributed by atoms with Gasteiger partial charge in [-0.2, -0.15) is 4.98 Å². The van der Waals surface area contributed by atoms with E-state index in [0.717, 1.165) is 4.47 Å². The highest BCUT2D eigenvalue weighted by atomic mass is 79.9. The molecule has 0 aliphatic rings. The Morgan fingerprint density at radius 1 is 1.25 bits per heavy atom. The minimum Gasteiger partial charge on any atom is -0.398 e. The molecule has 0 bridgehead atoms. The molecule has 3 rings (SSSR count). The topological polar surface area (TPSA) is 77.8 Å². The monoisotopic (exact) mass is 350 g/mol. The van der Waals surface area contributed by atoms with E-state index in [4.69, 9.17) is 21.9 Å². The van der Waals surface area contributed by atoms with E-state index < -0.39 is 0 Å². The van der Waals surface area contributed by atoms with Crippen LogP contribution in [0.5, 0.6) is 0 Å². The zero-order chi connectivity index (χ0) is 14.1. The van der Waals surface area contributed by atoms with Gasteiger partial charge in [0.1, 0.15) is 5.69 Å². The number of anilines is 1. The second-order valence-electron chi connectivity index (χ2n) is 3.99. The molecule has 7 heteroatoms. The van der Waals surface area contributed by atoms with Gasteiger partial charge >= 0.3 is 0 Å². The molecule has 0 aliphatic heterocycles. The number of rotatable bonds is 2. The molecule has 0 saturated heterocycles. The fourth-order valence-electron chi connectivity index (χ4n) is 1.71. The van der Waals surface area contributed by atoms with Crippen molar-refractivity contribution in [3.8, 4) is 23.0 Å². The van der Waals surface area contributed by atoms with Crippen molar-refractivity contribution in [1.82, 2.24) is 15.1 Å². The quantitative estimate of drug-likeness (QED) is 0.711. The van der Waals surface area contributed by atoms with Crippen molar-refractivity contribution in [2.45, 2.75) is 0 Å². The molecule has 3 aromatic rings. The van der Waals surface area contributed by atoms with Gasteiger partial charge in [0.2, 0.25) is 5.82 Å². The van der Waals surface area contributed by atoms with Crippen LogP contribution >= 0.6 is 27.5 Å². The average Bonchev–Trinajstić information content (AvgIpc) is 2.88. The molecule has 0 unspecified atom stereocenters. The highest BCUT2D eigenvalue weighted by Crippen LogP contribution is 2.30. The lowest BCUT2D eigenvalue weighted by molar-refractivity contribution is 0.432. The summed E-state index contributed by atoms with van der Waals surface area (Å²) in [5, 5.41) is 4.47. The molecule has 2 heterocycles. The molecule has 2 N–H and O–H groups in total. The summed E-state index contributed by atoms with van der Waals surface area (Å²) >= 11 is 9.26. The molecule has 0 saturated carbocycles. The fourth-order valence-corrected chi connectivity index (χ4v) is 2.32. The number of nitrogens with zero attached hydrogens (tertiary/aromatic N) is 3. The minimum atomic E-state index is 0.326. The minimum absolute atomic E-state index is 0.326. The summed E-state index contributed by atoms with van der Waals surface area (Å²) in [4.78, 5) is 8.52. The highest BCUT2D eigenvalue weighted by molar-refractivity contribution is 9.10. The molecule has 0 aliphatic carbocycles. The van der Waals surface area contributed by atoms with Gasteiger partial charge in [0.15, 0.2) is 0 Å². The Hall–Kier alpha value is -1.92. The molecular formula is C13H8BrClN4O. The van der Waals surface area contributed by atoms with E-state index in [2.05, 4.69) is 31.1 Å². The fraction of sp³-hybridized carbons (Fsp3) is 0. The predicted molar refractivity (Wildman–Crippen MR) is 80.1 cm³/mol. The summed E-state index contributed by atoms with van der Waals surface area (Å²) in [6.07, 6.45) is 1.66. The van der Waals surface area contributed by atoms with Crippen LogP contribution in [-0.2, 0) is 0 Å². The van der Waals surface area contributed by atoms with Gasteiger partial charge in [0.05, 0.1) is 5.56 Å². The lowest BCUT2D eigenvalue weighted by Gasteiger charge is -2.00. The first kappa shape index (κ1) is 13.1. The first-order valence-corrected chi connectivity index (χ1v) is 6.82. The van der Waals surface area contributed by atoms with Gasteiger partial charge in [-0.05, 0) is 46.3 Å². The first-order chi connectivity index (χ1) is 9.65. The molecule has 0 fully saturated rings. The van der Waals surface area contributed by atoms with Gasteiger partial charge < -0.3 is 10.3 Å². The van der Waals surface area contributed by atoms with Crippen LogP contribution in [0, 0.1) is 0 Å². The van der Waals surface area contributed by atoms with Crippen LogP contribution in [0.15, 0.2) is 45.5 Å². The summed E-state index contributed by atoms with van der Waals surface area (Å²) < 4.78 is 6.02. The molecule has 0 spiro atoms. The van der Waals surface area contributed by atoms with Crippen molar-refractivity contribution >= 4 is 33.2 Å². The molecule has 0 atom stereocenters. The molecule has 5 nitrogen and oxygen atoms in total. The summed E-state index contributed by atoms with van der Waals surface area (Å²) in [6, 6.07) is 8.76. The Morgan fingerprint density at radius 2 is 2.10 bits per heavy atom. The maximum atomic E-state index is 5.89. The van der Waals surface area contributed by atoms with Crippen LogP contribution < -0.4 is 5.73 Å². The van der Waals surface area contributed by atoms with E-state index in [0.29, 0.717) is 33.7 Å². The van der Waals surface area contributed by atoms with E-state index in [1.165, 1.54) is 0 Å². The molecule has 1 aromatic carbocycles. The maximum Gasteiger partial charge on any atom is 0.260 e. The van der Waals surface area contributed by atoms with E-state index in [1.807, 2.05) is 12.1 Å². The van der Waals surface area contributed by atoms with E-state index in [1.54, 1.807) is 24.4 Å². The number of halogens is 2. The number of hydrogen-bond donors (Lipinski definition) is 1. The molecular weight excluding hydrogens is 344 g/mol. The van der Waals surface area contributed by atoms with Crippen molar-refractivity contribution in [1.29, 1.82) is 0 Å². The number of pyridine rings is 1. The van der Waals surface area contributed by atoms with Crippen molar-refractivity contribution in [3.05, 3.63) is 46.0 Å². The Bertz CT molecular complexity index is 775. The SMILES string of the molecule is Nc1cc(Cl)ccc1-c1nc(-c2ncccc2Br)no1. The highest BCUT2D eigenvalue weighted by Gasteiger charge is 2.15. The second kappa shape index (κ2) is 5.22. The second-order valence-corrected chi connectivity index (χ2v) is 5.28. The van der Waals surface area contributed by atoms with E-state index in [-0.39, 0.29) is 0 Å². The zero-order valence-corrected chi connectivity index (χ0v) is 12.4. The van der Waals surface area contributed by atoms with Crippen LogP contribution in [-0.4, -0.2) is 15.1 Å². The van der Waals surface area contributed by atoms with Gasteiger partial charge in [-0.1, -0.05) is 16.8 Å². The summed E-state index contributed by atoms with van der Waals surface area (Å²) in [5.74, 6) is 0.716. The van der Waals surface area contributed by atoms with Crippen LogP contribution in [0.1, 0.15) is 0 Å². The van der Waals surface area contributed by atoms with Gasteiger partial charge in [0, 0.05) is 21.4 Å². The Balaban J connectivity index is 2.04. The number of benzene rings is 1. The third-order valence-corrected chi connectivity index (χ3v) is 3.52. The lowest BCUT2D eigenvalue weighted by Crippen LogP contribution is -1.90. The molecule has 0 amide bonds. The summed E-state index contributed by atoms with van der Waals surface area (Å²) in [6.45, 7) is 0. The standard InChI is InChI=1S/C13H8BrClN4O/c14-9-2-1-5-17-11(9)12-18-13(20-19-12)8-4-3-7(15)6-10(8)16/h1-6H,16H2. The van der Waals surface area contributed by atoms with Crippen LogP contribution in [0.25, 0.3) is 23.0 Å². The maximum absolute atomic E-state index is 5.89. The van der Waals surface area contributed by atoms with Crippen LogP contribution in [0.4, 0.5) is 5.69 Å². The van der Waals surface area contributed by atoms with E-state index >= 15 is 0 Å². The van der Waals surface area contributed by atoms with Crippen molar-refractivity contribution < 1.29 is 4.52 Å². The van der Waals surface area contributed by atoms with E-state index in [9.17, 15) is 0 Å². The number of nitrogen functional groups attached to an aromatic ring is 1. The molecule has 0 radical (unpaired) electrons. The largest absolute Gasteiger partial charge is 0.398 e. The van der Waals surface area contributed by atoms with Gasteiger partial charge in [-0.3, -0.25) is 4.98 Å². The smallest absolute Gasteiger partial charge is 0.260 e. The van der Waals surface area contributed by atoms with Gasteiger partial charge in [-0.25, -0.2) is 0 Å². The van der Waals surface area contributed by atoms with Crippen molar-refractivity contribution in [3.63, 3.8) is 0 Å². The average molecular weight is 352 g/mol. The molecule has 20 heavy (non-hydrogen) atoms. The van der Waals surface area contributed by atoms with Crippen molar-refractivity contribution in [2.75, 3.05) is 5.73 Å². The number of nitrogens with two attached hydrogens (primary N) is 1. The third-order valence-electron chi connectivity index (χ3n) is 2.64. The summed E-state index contributed by atoms with van der Waals surface area (Å²) in [5.41, 5.74) is 7.62. The Kier molecular flexibility index (Phi) is 3.42. The lowest BCUT2D eigenvalue weighted by atomic mass is 10.2. The van der Waals surface area contributed by atoms with Gasteiger partial charge in [0.25, 0.3) is 5.89 Å². The predicted octanol–water partition coefficient (Wildman–Crippen LogP) is 3.80. The molecule has 2 aromatic heterocycles.